The number of sulfonamides is 1. The van der Waals surface area contributed by atoms with Gasteiger partial charge in [-0.1, -0.05) is 0 Å². The number of likely N-dealkylation sites (tertiary alicyclic amines) is 1. The maximum absolute atomic E-state index is 13.2. The lowest BCUT2D eigenvalue weighted by Gasteiger charge is -2.34. The molecule has 3 saturated heterocycles. The maximum atomic E-state index is 13.2. The van der Waals surface area contributed by atoms with Gasteiger partial charge >= 0.3 is 0 Å². The van der Waals surface area contributed by atoms with Gasteiger partial charge in [-0.25, -0.2) is 8.42 Å². The number of benzene rings is 1. The van der Waals surface area contributed by atoms with Crippen molar-refractivity contribution in [1.29, 1.82) is 0 Å². The number of carbonyl (C=O) groups excluding carboxylic acids is 1. The molecular weight excluding hydrogens is 430 g/mol. The molecule has 1 aromatic rings. The lowest BCUT2D eigenvalue weighted by Crippen LogP contribution is -2.41. The standard InChI is InChI=1S/C23H35N3O5S/c1-30-21-5-4-20(18-22(21)32(28,29)26-9-2-3-10-26)23(27)25-12-7-19(8-13-25)6-11-24-14-16-31-17-15-24/h4-5,18-19H,2-3,6-17H2,1H3. The van der Waals surface area contributed by atoms with Crippen LogP contribution >= 0.6 is 0 Å². The van der Waals surface area contributed by atoms with Gasteiger partial charge in [0.25, 0.3) is 5.91 Å². The Morgan fingerprint density at radius 3 is 2.41 bits per heavy atom. The Labute approximate surface area is 191 Å². The third-order valence-corrected chi connectivity index (χ3v) is 8.87. The van der Waals surface area contributed by atoms with Crippen LogP contribution in [0.1, 0.15) is 42.5 Å². The Morgan fingerprint density at radius 1 is 1.06 bits per heavy atom. The van der Waals surface area contributed by atoms with E-state index in [9.17, 15) is 13.2 Å². The highest BCUT2D eigenvalue weighted by atomic mass is 32.2. The van der Waals surface area contributed by atoms with Crippen LogP contribution in [0, 0.1) is 5.92 Å². The van der Waals surface area contributed by atoms with E-state index >= 15 is 0 Å². The van der Waals surface area contributed by atoms with Crippen LogP contribution < -0.4 is 4.74 Å². The first kappa shape index (κ1) is 23.5. The van der Waals surface area contributed by atoms with Gasteiger partial charge in [0.05, 0.1) is 20.3 Å². The molecule has 0 spiro atoms. The summed E-state index contributed by atoms with van der Waals surface area (Å²) in [5, 5.41) is 0. The molecule has 4 rings (SSSR count). The first-order valence-electron chi connectivity index (χ1n) is 11.8. The van der Waals surface area contributed by atoms with E-state index in [1.807, 2.05) is 4.90 Å². The molecule has 3 aliphatic rings. The largest absolute Gasteiger partial charge is 0.495 e. The van der Waals surface area contributed by atoms with E-state index < -0.39 is 10.0 Å². The van der Waals surface area contributed by atoms with Crippen LogP contribution in [0.5, 0.6) is 5.75 Å². The second-order valence-electron chi connectivity index (χ2n) is 8.96. The molecule has 32 heavy (non-hydrogen) atoms. The van der Waals surface area contributed by atoms with Crippen molar-refractivity contribution >= 4 is 15.9 Å². The second kappa shape index (κ2) is 10.5. The predicted octanol–water partition coefficient (Wildman–Crippen LogP) is 2.05. The highest BCUT2D eigenvalue weighted by Crippen LogP contribution is 2.31. The average Bonchev–Trinajstić information content (AvgIpc) is 3.39. The van der Waals surface area contributed by atoms with Gasteiger partial charge in [0.2, 0.25) is 10.0 Å². The number of ether oxygens (including phenoxy) is 2. The zero-order valence-electron chi connectivity index (χ0n) is 19.0. The molecule has 1 amide bonds. The van der Waals surface area contributed by atoms with Crippen molar-refractivity contribution in [2.24, 2.45) is 5.92 Å². The highest BCUT2D eigenvalue weighted by Gasteiger charge is 2.32. The quantitative estimate of drug-likeness (QED) is 0.613. The first-order chi connectivity index (χ1) is 15.5. The van der Waals surface area contributed by atoms with Gasteiger partial charge in [-0.2, -0.15) is 4.31 Å². The third kappa shape index (κ3) is 5.27. The van der Waals surface area contributed by atoms with Crippen molar-refractivity contribution in [3.05, 3.63) is 23.8 Å². The molecule has 9 heteroatoms. The minimum absolute atomic E-state index is 0.0909. The lowest BCUT2D eigenvalue weighted by molar-refractivity contribution is 0.0332. The minimum Gasteiger partial charge on any atom is -0.495 e. The van der Waals surface area contributed by atoms with Crippen LogP contribution in [-0.2, 0) is 14.8 Å². The maximum Gasteiger partial charge on any atom is 0.253 e. The number of methoxy groups -OCH3 is 1. The van der Waals surface area contributed by atoms with Gasteiger partial charge in [0.1, 0.15) is 10.6 Å². The molecule has 0 atom stereocenters. The van der Waals surface area contributed by atoms with Gasteiger partial charge in [-0.05, 0) is 62.8 Å². The van der Waals surface area contributed by atoms with Crippen LogP contribution in [0.2, 0.25) is 0 Å². The van der Waals surface area contributed by atoms with Gasteiger partial charge in [0, 0.05) is 44.8 Å². The zero-order chi connectivity index (χ0) is 22.6. The fraction of sp³-hybridized carbons (Fsp3) is 0.696. The molecule has 0 aromatic heterocycles. The number of nitrogens with zero attached hydrogens (tertiary/aromatic N) is 3. The summed E-state index contributed by atoms with van der Waals surface area (Å²) in [5.74, 6) is 0.816. The summed E-state index contributed by atoms with van der Waals surface area (Å²) in [6, 6.07) is 4.78. The molecule has 0 bridgehead atoms. The molecule has 1 aromatic carbocycles. The summed E-state index contributed by atoms with van der Waals surface area (Å²) < 4.78 is 38.5. The molecule has 3 heterocycles. The Hall–Kier alpha value is -1.68. The zero-order valence-corrected chi connectivity index (χ0v) is 19.8. The lowest BCUT2D eigenvalue weighted by atomic mass is 9.93. The van der Waals surface area contributed by atoms with Crippen LogP contribution in [0.25, 0.3) is 0 Å². The summed E-state index contributed by atoms with van der Waals surface area (Å²) >= 11 is 0. The Balaban J connectivity index is 1.38. The van der Waals surface area contributed by atoms with Crippen LogP contribution in [0.3, 0.4) is 0 Å². The fourth-order valence-electron chi connectivity index (χ4n) is 4.88. The van der Waals surface area contributed by atoms with Crippen molar-refractivity contribution in [2.75, 3.05) is 66.1 Å². The number of hydrogen-bond donors (Lipinski definition) is 0. The van der Waals surface area contributed by atoms with E-state index in [2.05, 4.69) is 4.90 Å². The van der Waals surface area contributed by atoms with E-state index in [0.29, 0.717) is 37.7 Å². The van der Waals surface area contributed by atoms with Crippen LogP contribution in [0.4, 0.5) is 0 Å². The molecule has 3 fully saturated rings. The Bertz CT molecular complexity index is 887. The van der Waals surface area contributed by atoms with E-state index in [-0.39, 0.29) is 16.6 Å². The number of piperidine rings is 1. The van der Waals surface area contributed by atoms with Crippen molar-refractivity contribution in [3.8, 4) is 5.75 Å². The van der Waals surface area contributed by atoms with Gasteiger partial charge in [-0.15, -0.1) is 0 Å². The minimum atomic E-state index is -3.67. The second-order valence-corrected chi connectivity index (χ2v) is 10.9. The molecule has 0 N–H and O–H groups in total. The molecule has 8 nitrogen and oxygen atoms in total. The average molecular weight is 466 g/mol. The topological polar surface area (TPSA) is 79.4 Å². The summed E-state index contributed by atoms with van der Waals surface area (Å²) in [6.07, 6.45) is 4.86. The number of carbonyl (C=O) groups is 1. The fourth-order valence-corrected chi connectivity index (χ4v) is 6.57. The predicted molar refractivity (Wildman–Crippen MR) is 121 cm³/mol. The Morgan fingerprint density at radius 2 is 1.75 bits per heavy atom. The van der Waals surface area contributed by atoms with E-state index in [1.54, 1.807) is 12.1 Å². The summed E-state index contributed by atoms with van der Waals surface area (Å²) in [5.41, 5.74) is 0.412. The van der Waals surface area contributed by atoms with Gasteiger partial charge in [0.15, 0.2) is 0 Å². The first-order valence-corrected chi connectivity index (χ1v) is 13.2. The SMILES string of the molecule is COc1ccc(C(=O)N2CCC(CCN3CCOCC3)CC2)cc1S(=O)(=O)N1CCCC1. The number of amides is 1. The molecule has 0 aliphatic carbocycles. The van der Waals surface area contributed by atoms with Crippen LogP contribution in [-0.4, -0.2) is 94.6 Å². The molecule has 0 unspecified atom stereocenters. The highest BCUT2D eigenvalue weighted by molar-refractivity contribution is 7.89. The van der Waals surface area contributed by atoms with Crippen molar-refractivity contribution < 1.29 is 22.7 Å². The smallest absolute Gasteiger partial charge is 0.253 e. The van der Waals surface area contributed by atoms with E-state index in [1.165, 1.54) is 17.5 Å². The number of morpholine rings is 1. The molecule has 0 radical (unpaired) electrons. The number of hydrogen-bond acceptors (Lipinski definition) is 6. The van der Waals surface area contributed by atoms with Crippen molar-refractivity contribution in [1.82, 2.24) is 14.1 Å². The van der Waals surface area contributed by atoms with Crippen LogP contribution in [0.15, 0.2) is 23.1 Å². The van der Waals surface area contributed by atoms with E-state index in [4.69, 9.17) is 9.47 Å². The number of rotatable bonds is 7. The Kier molecular flexibility index (Phi) is 7.70. The van der Waals surface area contributed by atoms with Gasteiger partial charge in [-0.3, -0.25) is 9.69 Å². The summed E-state index contributed by atoms with van der Waals surface area (Å²) in [6.45, 7) is 7.23. The summed E-state index contributed by atoms with van der Waals surface area (Å²) in [7, 11) is -2.21. The molecule has 3 aliphatic heterocycles. The normalized spacial score (nSPS) is 21.7. The van der Waals surface area contributed by atoms with E-state index in [0.717, 1.165) is 65.0 Å². The molecule has 0 saturated carbocycles. The monoisotopic (exact) mass is 465 g/mol. The molecule has 178 valence electrons. The third-order valence-electron chi connectivity index (χ3n) is 6.95. The van der Waals surface area contributed by atoms with Crippen molar-refractivity contribution in [3.63, 3.8) is 0 Å². The molecular formula is C23H35N3O5S. The summed E-state index contributed by atoms with van der Waals surface area (Å²) in [4.78, 5) is 17.6. The van der Waals surface area contributed by atoms with Crippen molar-refractivity contribution in [2.45, 2.75) is 37.0 Å². The van der Waals surface area contributed by atoms with Gasteiger partial charge < -0.3 is 14.4 Å².